The molecule has 0 fully saturated rings. The van der Waals surface area contributed by atoms with Gasteiger partial charge in [0.05, 0.1) is 5.75 Å². The van der Waals surface area contributed by atoms with Gasteiger partial charge in [-0.3, -0.25) is 10.2 Å². The smallest absolute Gasteiger partial charge is 0.249 e. The summed E-state index contributed by atoms with van der Waals surface area (Å²) in [5.74, 6) is 1.28. The van der Waals surface area contributed by atoms with Gasteiger partial charge in [-0.25, -0.2) is 4.68 Å². The second kappa shape index (κ2) is 3.37. The van der Waals surface area contributed by atoms with Crippen molar-refractivity contribution < 1.29 is 4.79 Å². The summed E-state index contributed by atoms with van der Waals surface area (Å²) < 4.78 is 1.68. The number of carbonyl (C=O) groups is 1. The monoisotopic (exact) mass is 198 g/mol. The summed E-state index contributed by atoms with van der Waals surface area (Å²) in [7, 11) is 0. The van der Waals surface area contributed by atoms with Crippen molar-refractivity contribution in [3.05, 3.63) is 5.82 Å². The van der Waals surface area contributed by atoms with Crippen LogP contribution in [-0.2, 0) is 11.2 Å². The molecule has 0 aliphatic carbocycles. The number of carbonyl (C=O) groups excluding carboxylic acids is 1. The zero-order valence-corrected chi connectivity index (χ0v) is 8.10. The Morgan fingerprint density at radius 1 is 1.62 bits per heavy atom. The predicted molar refractivity (Wildman–Crippen MR) is 49.1 cm³/mol. The minimum absolute atomic E-state index is 0.00894. The van der Waals surface area contributed by atoms with Crippen molar-refractivity contribution in [2.24, 2.45) is 0 Å². The molecule has 1 aromatic rings. The van der Waals surface area contributed by atoms with E-state index in [-0.39, 0.29) is 5.91 Å². The average Bonchev–Trinajstić information content (AvgIpc) is 2.49. The molecular formula is C7H10N4OS. The fourth-order valence-corrected chi connectivity index (χ4v) is 1.88. The molecule has 0 bridgehead atoms. The van der Waals surface area contributed by atoms with Crippen molar-refractivity contribution in [3.8, 4) is 0 Å². The molecule has 5 nitrogen and oxygen atoms in total. The lowest BCUT2D eigenvalue weighted by atomic mass is 10.3. The lowest BCUT2D eigenvalue weighted by molar-refractivity contribution is -0.115. The molecule has 2 rings (SSSR count). The molecule has 1 aromatic heterocycles. The van der Waals surface area contributed by atoms with E-state index >= 15 is 0 Å². The van der Waals surface area contributed by atoms with E-state index in [0.29, 0.717) is 5.75 Å². The number of nitrogens with zero attached hydrogens (tertiary/aromatic N) is 3. The van der Waals surface area contributed by atoms with Gasteiger partial charge in [0.25, 0.3) is 0 Å². The Morgan fingerprint density at radius 3 is 3.23 bits per heavy atom. The topological polar surface area (TPSA) is 59.8 Å². The first-order valence-electron chi connectivity index (χ1n) is 4.18. The van der Waals surface area contributed by atoms with Gasteiger partial charge in [-0.15, -0.1) is 10.2 Å². The number of aryl methyl sites for hydroxylation is 1. The van der Waals surface area contributed by atoms with Gasteiger partial charge in [-0.1, -0.05) is 18.7 Å². The quantitative estimate of drug-likeness (QED) is 0.747. The van der Waals surface area contributed by atoms with Crippen LogP contribution in [0.15, 0.2) is 5.16 Å². The summed E-state index contributed by atoms with van der Waals surface area (Å²) >= 11 is 1.42. The third kappa shape index (κ3) is 1.53. The molecule has 0 atom stereocenters. The van der Waals surface area contributed by atoms with E-state index in [1.165, 1.54) is 11.8 Å². The van der Waals surface area contributed by atoms with Crippen LogP contribution in [0.2, 0.25) is 0 Å². The number of nitrogens with one attached hydrogen (secondary N) is 1. The van der Waals surface area contributed by atoms with E-state index in [1.54, 1.807) is 4.68 Å². The predicted octanol–water partition coefficient (Wildman–Crippen LogP) is 0.406. The zero-order valence-electron chi connectivity index (χ0n) is 7.28. The van der Waals surface area contributed by atoms with Gasteiger partial charge in [0.2, 0.25) is 11.1 Å². The summed E-state index contributed by atoms with van der Waals surface area (Å²) in [6, 6.07) is 0. The van der Waals surface area contributed by atoms with Crippen LogP contribution in [0.5, 0.6) is 0 Å². The highest BCUT2D eigenvalue weighted by Crippen LogP contribution is 2.19. The lowest BCUT2D eigenvalue weighted by Crippen LogP contribution is -2.30. The number of thioether (sulfide) groups is 1. The molecule has 1 amide bonds. The van der Waals surface area contributed by atoms with Crippen LogP contribution in [0.25, 0.3) is 0 Å². The molecule has 70 valence electrons. The molecular weight excluding hydrogens is 188 g/mol. The molecule has 1 aliphatic rings. The van der Waals surface area contributed by atoms with E-state index in [1.807, 2.05) is 0 Å². The molecule has 0 saturated heterocycles. The van der Waals surface area contributed by atoms with Crippen LogP contribution in [-0.4, -0.2) is 26.5 Å². The average molecular weight is 198 g/mol. The Bertz CT molecular complexity index is 335. The van der Waals surface area contributed by atoms with E-state index in [0.717, 1.165) is 23.8 Å². The minimum atomic E-state index is 0.00894. The van der Waals surface area contributed by atoms with Crippen molar-refractivity contribution in [3.63, 3.8) is 0 Å². The maximum absolute atomic E-state index is 11.1. The van der Waals surface area contributed by atoms with Crippen LogP contribution in [0, 0.1) is 0 Å². The normalized spacial score (nSPS) is 15.3. The minimum Gasteiger partial charge on any atom is -0.272 e. The van der Waals surface area contributed by atoms with Crippen molar-refractivity contribution in [1.82, 2.24) is 14.9 Å². The fourth-order valence-electron chi connectivity index (χ4n) is 1.18. The molecule has 0 radical (unpaired) electrons. The number of rotatable bonds is 2. The Labute approximate surface area is 79.9 Å². The number of amides is 1. The number of aromatic nitrogens is 3. The molecule has 1 aliphatic heterocycles. The molecule has 13 heavy (non-hydrogen) atoms. The lowest BCUT2D eigenvalue weighted by Gasteiger charge is -2.14. The molecule has 6 heteroatoms. The maximum Gasteiger partial charge on any atom is 0.249 e. The highest BCUT2D eigenvalue weighted by Gasteiger charge is 2.19. The number of hydrogen-bond donors (Lipinski definition) is 1. The molecule has 0 aromatic carbocycles. The van der Waals surface area contributed by atoms with E-state index in [9.17, 15) is 4.79 Å². The fraction of sp³-hybridized carbons (Fsp3) is 0.571. The van der Waals surface area contributed by atoms with Gasteiger partial charge in [0, 0.05) is 6.42 Å². The molecule has 0 unspecified atom stereocenters. The van der Waals surface area contributed by atoms with Crippen LogP contribution >= 0.6 is 11.8 Å². The summed E-state index contributed by atoms with van der Waals surface area (Å²) in [6.07, 6.45) is 1.84. The third-order valence-electron chi connectivity index (χ3n) is 1.74. The number of fused-ring (bicyclic) bond motifs is 1. The van der Waals surface area contributed by atoms with Gasteiger partial charge in [0.15, 0.2) is 5.82 Å². The first-order chi connectivity index (χ1) is 6.31. The highest BCUT2D eigenvalue weighted by molar-refractivity contribution is 7.99. The standard InChI is InChI=1S/C7H10N4OS/c1-2-3-5-8-9-7-11(5)10-6(12)4-13-7/h2-4H2,1H3,(H,10,12). The van der Waals surface area contributed by atoms with Gasteiger partial charge in [0.1, 0.15) is 0 Å². The van der Waals surface area contributed by atoms with Crippen LogP contribution in [0.3, 0.4) is 0 Å². The van der Waals surface area contributed by atoms with Crippen LogP contribution in [0.1, 0.15) is 19.2 Å². The molecule has 0 saturated carbocycles. The van der Waals surface area contributed by atoms with Crippen molar-refractivity contribution in [2.45, 2.75) is 24.9 Å². The molecule has 2 heterocycles. The van der Waals surface area contributed by atoms with Gasteiger partial charge < -0.3 is 0 Å². The van der Waals surface area contributed by atoms with E-state index in [4.69, 9.17) is 0 Å². The maximum atomic E-state index is 11.1. The second-order valence-corrected chi connectivity index (χ2v) is 3.75. The van der Waals surface area contributed by atoms with Crippen molar-refractivity contribution in [2.75, 3.05) is 11.2 Å². The summed E-state index contributed by atoms with van der Waals surface area (Å²) in [4.78, 5) is 11.1. The summed E-state index contributed by atoms with van der Waals surface area (Å²) in [6.45, 7) is 2.07. The first kappa shape index (κ1) is 8.55. The molecule has 0 spiro atoms. The first-order valence-corrected chi connectivity index (χ1v) is 5.16. The number of hydrogen-bond acceptors (Lipinski definition) is 4. The Balaban J connectivity index is 2.29. The van der Waals surface area contributed by atoms with Crippen LogP contribution < -0.4 is 5.43 Å². The van der Waals surface area contributed by atoms with Gasteiger partial charge in [-0.05, 0) is 6.42 Å². The summed E-state index contributed by atoms with van der Waals surface area (Å²) in [5.41, 5.74) is 2.73. The third-order valence-corrected chi connectivity index (χ3v) is 2.67. The Kier molecular flexibility index (Phi) is 2.22. The van der Waals surface area contributed by atoms with Crippen LogP contribution in [0.4, 0.5) is 0 Å². The zero-order chi connectivity index (χ0) is 9.26. The highest BCUT2D eigenvalue weighted by atomic mass is 32.2. The van der Waals surface area contributed by atoms with Gasteiger partial charge in [-0.2, -0.15) is 0 Å². The second-order valence-electron chi connectivity index (χ2n) is 2.81. The SMILES string of the molecule is CCCc1nnc2n1NC(=O)CS2. The van der Waals surface area contributed by atoms with E-state index < -0.39 is 0 Å². The van der Waals surface area contributed by atoms with Crippen molar-refractivity contribution >= 4 is 17.7 Å². The Hall–Kier alpha value is -1.04. The summed E-state index contributed by atoms with van der Waals surface area (Å²) in [5, 5.41) is 8.75. The largest absolute Gasteiger partial charge is 0.272 e. The van der Waals surface area contributed by atoms with Gasteiger partial charge >= 0.3 is 0 Å². The van der Waals surface area contributed by atoms with Crippen molar-refractivity contribution in [1.29, 1.82) is 0 Å². The Morgan fingerprint density at radius 2 is 2.46 bits per heavy atom. The van der Waals surface area contributed by atoms with E-state index in [2.05, 4.69) is 22.5 Å². The molecule has 1 N–H and O–H groups in total.